The average molecular weight is 336 g/mol. The van der Waals surface area contributed by atoms with Gasteiger partial charge < -0.3 is 5.11 Å². The van der Waals surface area contributed by atoms with Crippen molar-refractivity contribution in [1.82, 2.24) is 4.31 Å². The summed E-state index contributed by atoms with van der Waals surface area (Å²) < 4.78 is 25.9. The number of rotatable bonds is 4. The predicted octanol–water partition coefficient (Wildman–Crippen LogP) is 2.10. The molecule has 1 aromatic rings. The SMILES string of the molecule is CCN(C)S(=O)(=O)c1cc(Br)c(C)c(C(=O)O)c1. The third-order valence-electron chi connectivity index (χ3n) is 2.70. The van der Waals surface area contributed by atoms with Gasteiger partial charge in [-0.05, 0) is 24.6 Å². The van der Waals surface area contributed by atoms with Gasteiger partial charge >= 0.3 is 5.97 Å². The zero-order valence-electron chi connectivity index (χ0n) is 10.3. The van der Waals surface area contributed by atoms with Gasteiger partial charge in [0.15, 0.2) is 0 Å². The summed E-state index contributed by atoms with van der Waals surface area (Å²) in [5.41, 5.74) is 0.480. The van der Waals surface area contributed by atoms with E-state index < -0.39 is 16.0 Å². The molecule has 0 saturated carbocycles. The van der Waals surface area contributed by atoms with E-state index in [2.05, 4.69) is 15.9 Å². The van der Waals surface area contributed by atoms with Crippen molar-refractivity contribution in [3.8, 4) is 0 Å². The molecule has 1 aromatic carbocycles. The van der Waals surface area contributed by atoms with E-state index in [-0.39, 0.29) is 10.5 Å². The van der Waals surface area contributed by atoms with Crippen LogP contribution in [0.15, 0.2) is 21.5 Å². The van der Waals surface area contributed by atoms with Gasteiger partial charge in [-0.3, -0.25) is 0 Å². The molecular weight excluding hydrogens is 322 g/mol. The zero-order valence-corrected chi connectivity index (χ0v) is 12.7. The maximum Gasteiger partial charge on any atom is 0.336 e. The van der Waals surface area contributed by atoms with Gasteiger partial charge in [0.2, 0.25) is 10.0 Å². The van der Waals surface area contributed by atoms with Crippen molar-refractivity contribution in [1.29, 1.82) is 0 Å². The van der Waals surface area contributed by atoms with E-state index in [1.165, 1.54) is 19.2 Å². The van der Waals surface area contributed by atoms with Crippen LogP contribution in [0.4, 0.5) is 0 Å². The highest BCUT2D eigenvalue weighted by Crippen LogP contribution is 2.26. The first-order chi connectivity index (χ1) is 8.21. The molecule has 18 heavy (non-hydrogen) atoms. The molecule has 0 aliphatic carbocycles. The van der Waals surface area contributed by atoms with Crippen LogP contribution in [0.2, 0.25) is 0 Å². The minimum atomic E-state index is -3.64. The van der Waals surface area contributed by atoms with Crippen LogP contribution >= 0.6 is 15.9 Å². The molecule has 1 N–H and O–H groups in total. The molecular formula is C11H14BrNO4S. The summed E-state index contributed by atoms with van der Waals surface area (Å²) in [6, 6.07) is 2.60. The Morgan fingerprint density at radius 1 is 1.44 bits per heavy atom. The summed E-state index contributed by atoms with van der Waals surface area (Å²) in [5, 5.41) is 9.05. The summed E-state index contributed by atoms with van der Waals surface area (Å²) in [4.78, 5) is 11.0. The predicted molar refractivity (Wildman–Crippen MR) is 71.3 cm³/mol. The second-order valence-electron chi connectivity index (χ2n) is 3.80. The Balaban J connectivity index is 3.50. The number of benzene rings is 1. The molecule has 0 radical (unpaired) electrons. The van der Waals surface area contributed by atoms with Crippen LogP contribution in [-0.4, -0.2) is 37.4 Å². The average Bonchev–Trinajstić information content (AvgIpc) is 2.30. The van der Waals surface area contributed by atoms with Crippen molar-refractivity contribution in [3.63, 3.8) is 0 Å². The van der Waals surface area contributed by atoms with Crippen LogP contribution in [0.5, 0.6) is 0 Å². The molecule has 5 nitrogen and oxygen atoms in total. The quantitative estimate of drug-likeness (QED) is 0.914. The van der Waals surface area contributed by atoms with Crippen LogP contribution in [0.3, 0.4) is 0 Å². The fourth-order valence-corrected chi connectivity index (χ4v) is 3.22. The largest absolute Gasteiger partial charge is 0.478 e. The highest BCUT2D eigenvalue weighted by atomic mass is 79.9. The zero-order chi connectivity index (χ0) is 14.1. The Morgan fingerprint density at radius 3 is 2.44 bits per heavy atom. The molecule has 0 bridgehead atoms. The third kappa shape index (κ3) is 2.73. The van der Waals surface area contributed by atoms with E-state index in [1.54, 1.807) is 13.8 Å². The monoisotopic (exact) mass is 335 g/mol. The normalized spacial score (nSPS) is 11.8. The van der Waals surface area contributed by atoms with Gasteiger partial charge in [0.1, 0.15) is 0 Å². The van der Waals surface area contributed by atoms with Crippen molar-refractivity contribution in [2.75, 3.05) is 13.6 Å². The van der Waals surface area contributed by atoms with Crippen LogP contribution in [0, 0.1) is 6.92 Å². The second kappa shape index (κ2) is 5.38. The van der Waals surface area contributed by atoms with Gasteiger partial charge in [0, 0.05) is 18.1 Å². The number of hydrogen-bond acceptors (Lipinski definition) is 3. The smallest absolute Gasteiger partial charge is 0.336 e. The molecule has 1 rings (SSSR count). The van der Waals surface area contributed by atoms with Crippen LogP contribution < -0.4 is 0 Å². The molecule has 0 heterocycles. The molecule has 0 amide bonds. The lowest BCUT2D eigenvalue weighted by molar-refractivity contribution is 0.0695. The van der Waals surface area contributed by atoms with Gasteiger partial charge in [0.05, 0.1) is 10.5 Å². The fourth-order valence-electron chi connectivity index (χ4n) is 1.37. The lowest BCUT2D eigenvalue weighted by atomic mass is 10.1. The standard InChI is InChI=1S/C11H14BrNO4S/c1-4-13(3)18(16,17)8-5-9(11(14)15)7(2)10(12)6-8/h5-6H,4H2,1-3H3,(H,14,15). The van der Waals surface area contributed by atoms with Crippen molar-refractivity contribution in [2.45, 2.75) is 18.7 Å². The lowest BCUT2D eigenvalue weighted by Crippen LogP contribution is -2.26. The van der Waals surface area contributed by atoms with Gasteiger partial charge in [-0.15, -0.1) is 0 Å². The highest BCUT2D eigenvalue weighted by molar-refractivity contribution is 9.10. The summed E-state index contributed by atoms with van der Waals surface area (Å²) in [6.07, 6.45) is 0. The Hall–Kier alpha value is -0.920. The maximum atomic E-state index is 12.1. The molecule has 0 spiro atoms. The van der Waals surface area contributed by atoms with E-state index in [0.717, 1.165) is 4.31 Å². The molecule has 7 heteroatoms. The molecule has 100 valence electrons. The Morgan fingerprint density at radius 2 is 2.00 bits per heavy atom. The van der Waals surface area contributed by atoms with Crippen LogP contribution in [0.1, 0.15) is 22.8 Å². The summed E-state index contributed by atoms with van der Waals surface area (Å²) in [5.74, 6) is -1.15. The van der Waals surface area contributed by atoms with Gasteiger partial charge in [-0.2, -0.15) is 0 Å². The summed E-state index contributed by atoms with van der Waals surface area (Å²) in [7, 11) is -2.20. The Kier molecular flexibility index (Phi) is 4.52. The molecule has 0 saturated heterocycles. The minimum Gasteiger partial charge on any atom is -0.478 e. The summed E-state index contributed by atoms with van der Waals surface area (Å²) in [6.45, 7) is 3.64. The molecule has 0 aromatic heterocycles. The number of sulfonamides is 1. The van der Waals surface area contributed by atoms with E-state index >= 15 is 0 Å². The molecule has 0 aliphatic rings. The number of carbonyl (C=O) groups is 1. The first-order valence-corrected chi connectivity index (χ1v) is 7.45. The third-order valence-corrected chi connectivity index (χ3v) is 5.44. The fraction of sp³-hybridized carbons (Fsp3) is 0.364. The lowest BCUT2D eigenvalue weighted by Gasteiger charge is -2.16. The first-order valence-electron chi connectivity index (χ1n) is 5.21. The Labute approximate surface area is 115 Å². The van der Waals surface area contributed by atoms with Gasteiger partial charge in [-0.25, -0.2) is 17.5 Å². The van der Waals surface area contributed by atoms with Crippen LogP contribution in [0.25, 0.3) is 0 Å². The van der Waals surface area contributed by atoms with E-state index in [1.807, 2.05) is 0 Å². The van der Waals surface area contributed by atoms with Gasteiger partial charge in [-0.1, -0.05) is 22.9 Å². The van der Waals surface area contributed by atoms with E-state index in [4.69, 9.17) is 5.11 Å². The first kappa shape index (κ1) is 15.1. The van der Waals surface area contributed by atoms with Crippen molar-refractivity contribution >= 4 is 31.9 Å². The maximum absolute atomic E-state index is 12.1. The van der Waals surface area contributed by atoms with Crippen molar-refractivity contribution in [3.05, 3.63) is 27.7 Å². The van der Waals surface area contributed by atoms with Gasteiger partial charge in [0.25, 0.3) is 0 Å². The second-order valence-corrected chi connectivity index (χ2v) is 6.70. The number of hydrogen-bond donors (Lipinski definition) is 1. The summed E-state index contributed by atoms with van der Waals surface area (Å²) >= 11 is 3.18. The number of halogens is 1. The molecule has 0 atom stereocenters. The number of aromatic carboxylic acids is 1. The number of carboxylic acids is 1. The van der Waals surface area contributed by atoms with Crippen LogP contribution in [-0.2, 0) is 10.0 Å². The van der Waals surface area contributed by atoms with Crippen molar-refractivity contribution < 1.29 is 18.3 Å². The molecule has 0 aliphatic heterocycles. The topological polar surface area (TPSA) is 74.7 Å². The number of nitrogens with zero attached hydrogens (tertiary/aromatic N) is 1. The van der Waals surface area contributed by atoms with E-state index in [0.29, 0.717) is 16.6 Å². The minimum absolute atomic E-state index is 0.0209. The van der Waals surface area contributed by atoms with Crippen molar-refractivity contribution in [2.24, 2.45) is 0 Å². The Bertz CT molecular complexity index is 583. The van der Waals surface area contributed by atoms with E-state index in [9.17, 15) is 13.2 Å². The number of carboxylic acid groups (broad SMARTS) is 1. The molecule has 0 unspecified atom stereocenters. The molecule has 0 fully saturated rings. The highest BCUT2D eigenvalue weighted by Gasteiger charge is 2.23.